The highest BCUT2D eigenvalue weighted by molar-refractivity contribution is 5.86. The summed E-state index contributed by atoms with van der Waals surface area (Å²) in [5.74, 6) is 1.39. The zero-order chi connectivity index (χ0) is 10.7. The van der Waals surface area contributed by atoms with Gasteiger partial charge in [0, 0.05) is 12.5 Å². The second kappa shape index (κ2) is 5.08. The summed E-state index contributed by atoms with van der Waals surface area (Å²) < 4.78 is 5.34. The highest BCUT2D eigenvalue weighted by atomic mass is 16.5. The van der Waals surface area contributed by atoms with Crippen LogP contribution in [-0.4, -0.2) is 31.6 Å². The quantitative estimate of drug-likeness (QED) is 0.749. The number of ketones is 1. The molecule has 1 saturated carbocycles. The van der Waals surface area contributed by atoms with Gasteiger partial charge in [-0.2, -0.15) is 0 Å². The van der Waals surface area contributed by atoms with Gasteiger partial charge >= 0.3 is 0 Å². The molecule has 15 heavy (non-hydrogen) atoms. The van der Waals surface area contributed by atoms with E-state index in [-0.39, 0.29) is 12.0 Å². The van der Waals surface area contributed by atoms with Gasteiger partial charge < -0.3 is 10.1 Å². The van der Waals surface area contributed by atoms with Crippen molar-refractivity contribution in [1.29, 1.82) is 0 Å². The van der Waals surface area contributed by atoms with Crippen molar-refractivity contribution < 1.29 is 9.53 Å². The van der Waals surface area contributed by atoms with E-state index in [1.165, 1.54) is 12.8 Å². The fraction of sp³-hybridized carbons (Fsp3) is 0.917. The second-order valence-corrected chi connectivity index (χ2v) is 4.95. The van der Waals surface area contributed by atoms with E-state index < -0.39 is 0 Å². The fourth-order valence-corrected chi connectivity index (χ4v) is 2.73. The summed E-state index contributed by atoms with van der Waals surface area (Å²) in [6.07, 6.45) is 4.67. The smallest absolute Gasteiger partial charge is 0.155 e. The number of morpholine rings is 1. The summed E-state index contributed by atoms with van der Waals surface area (Å²) in [7, 11) is 0. The first kappa shape index (κ1) is 11.1. The Hall–Kier alpha value is -0.410. The molecule has 3 heteroatoms. The van der Waals surface area contributed by atoms with Gasteiger partial charge in [-0.15, -0.1) is 0 Å². The summed E-state index contributed by atoms with van der Waals surface area (Å²) in [6, 6.07) is -0.0333. The minimum absolute atomic E-state index is 0.0333. The van der Waals surface area contributed by atoms with Crippen LogP contribution in [0, 0.1) is 11.8 Å². The first-order valence-electron chi connectivity index (χ1n) is 6.12. The Balaban J connectivity index is 1.88. The van der Waals surface area contributed by atoms with Crippen molar-refractivity contribution in [2.24, 2.45) is 11.8 Å². The average molecular weight is 211 g/mol. The van der Waals surface area contributed by atoms with E-state index in [1.807, 2.05) is 0 Å². The highest BCUT2D eigenvalue weighted by Gasteiger charge is 2.31. The molecule has 1 aliphatic carbocycles. The van der Waals surface area contributed by atoms with Gasteiger partial charge in [0.2, 0.25) is 0 Å². The Kier molecular flexibility index (Phi) is 3.76. The molecule has 1 heterocycles. The summed E-state index contributed by atoms with van der Waals surface area (Å²) in [5, 5.41) is 3.26. The lowest BCUT2D eigenvalue weighted by Gasteiger charge is -2.30. The van der Waals surface area contributed by atoms with Crippen LogP contribution in [0.4, 0.5) is 0 Å². The molecule has 0 spiro atoms. The Morgan fingerprint density at radius 1 is 1.40 bits per heavy atom. The third kappa shape index (κ3) is 2.79. The first-order valence-corrected chi connectivity index (χ1v) is 6.12. The molecule has 0 aromatic rings. The molecular formula is C12H21NO2. The predicted octanol–water partition coefficient (Wildman–Crippen LogP) is 1.37. The third-order valence-corrected chi connectivity index (χ3v) is 3.60. The van der Waals surface area contributed by atoms with Crippen LogP contribution in [0.1, 0.15) is 32.6 Å². The molecule has 3 nitrogen and oxygen atoms in total. The molecule has 2 rings (SSSR count). The molecule has 3 atom stereocenters. The first-order chi connectivity index (χ1) is 7.27. The molecule has 0 amide bonds. The zero-order valence-corrected chi connectivity index (χ0v) is 9.50. The monoisotopic (exact) mass is 211 g/mol. The van der Waals surface area contributed by atoms with Crippen molar-refractivity contribution in [3.63, 3.8) is 0 Å². The third-order valence-electron chi connectivity index (χ3n) is 3.60. The van der Waals surface area contributed by atoms with Crippen molar-refractivity contribution >= 4 is 5.78 Å². The van der Waals surface area contributed by atoms with Gasteiger partial charge in [0.25, 0.3) is 0 Å². The lowest BCUT2D eigenvalue weighted by atomic mass is 9.78. The number of rotatable bonds is 2. The Morgan fingerprint density at radius 3 is 2.93 bits per heavy atom. The van der Waals surface area contributed by atoms with Crippen LogP contribution in [0.2, 0.25) is 0 Å². The van der Waals surface area contributed by atoms with Crippen LogP contribution in [0.25, 0.3) is 0 Å². The Labute approximate surface area is 91.6 Å². The molecule has 0 bridgehead atoms. The number of ether oxygens (including phenoxy) is 1. The minimum Gasteiger partial charge on any atom is -0.378 e. The molecule has 1 aliphatic heterocycles. The molecule has 1 N–H and O–H groups in total. The molecule has 0 aromatic heterocycles. The predicted molar refractivity (Wildman–Crippen MR) is 58.7 cm³/mol. The van der Waals surface area contributed by atoms with Crippen molar-refractivity contribution in [3.05, 3.63) is 0 Å². The van der Waals surface area contributed by atoms with E-state index in [1.54, 1.807) is 0 Å². The van der Waals surface area contributed by atoms with Gasteiger partial charge in [-0.3, -0.25) is 4.79 Å². The van der Waals surface area contributed by atoms with Crippen molar-refractivity contribution in [2.75, 3.05) is 19.8 Å². The maximum Gasteiger partial charge on any atom is 0.155 e. The highest BCUT2D eigenvalue weighted by Crippen LogP contribution is 2.29. The minimum atomic E-state index is -0.0333. The van der Waals surface area contributed by atoms with E-state index in [2.05, 4.69) is 12.2 Å². The molecule has 2 aliphatic rings. The number of carbonyl (C=O) groups is 1. The van der Waals surface area contributed by atoms with E-state index in [0.717, 1.165) is 31.9 Å². The lowest BCUT2D eigenvalue weighted by Crippen LogP contribution is -2.49. The molecule has 0 aromatic carbocycles. The maximum atomic E-state index is 12.2. The van der Waals surface area contributed by atoms with Crippen LogP contribution >= 0.6 is 0 Å². The van der Waals surface area contributed by atoms with Gasteiger partial charge in [0.05, 0.1) is 19.3 Å². The Bertz CT molecular complexity index is 224. The molecule has 2 fully saturated rings. The lowest BCUT2D eigenvalue weighted by molar-refractivity contribution is -0.129. The summed E-state index contributed by atoms with van der Waals surface area (Å²) in [5.41, 5.74) is 0. The maximum absolute atomic E-state index is 12.2. The largest absolute Gasteiger partial charge is 0.378 e. The molecular weight excluding hydrogens is 190 g/mol. The van der Waals surface area contributed by atoms with E-state index >= 15 is 0 Å². The van der Waals surface area contributed by atoms with Gasteiger partial charge in [-0.05, 0) is 18.8 Å². The van der Waals surface area contributed by atoms with Gasteiger partial charge in [-0.25, -0.2) is 0 Å². The van der Waals surface area contributed by atoms with E-state index in [0.29, 0.717) is 12.4 Å². The summed E-state index contributed by atoms with van der Waals surface area (Å²) >= 11 is 0. The average Bonchev–Trinajstić information content (AvgIpc) is 2.29. The summed E-state index contributed by atoms with van der Waals surface area (Å²) in [6.45, 7) is 4.39. The normalized spacial score (nSPS) is 37.5. The SMILES string of the molecule is CC1CCCC(C(=O)C2COCCN2)C1. The number of hydrogen-bond donors (Lipinski definition) is 1. The molecule has 0 radical (unpaired) electrons. The van der Waals surface area contributed by atoms with E-state index in [9.17, 15) is 4.79 Å². The van der Waals surface area contributed by atoms with Gasteiger partial charge in [-0.1, -0.05) is 19.8 Å². The van der Waals surface area contributed by atoms with Gasteiger partial charge in [0.15, 0.2) is 5.78 Å². The fourth-order valence-electron chi connectivity index (χ4n) is 2.73. The number of hydrogen-bond acceptors (Lipinski definition) is 3. The Morgan fingerprint density at radius 2 is 2.27 bits per heavy atom. The summed E-state index contributed by atoms with van der Waals surface area (Å²) in [4.78, 5) is 12.2. The van der Waals surface area contributed by atoms with Crippen molar-refractivity contribution in [2.45, 2.75) is 38.6 Å². The van der Waals surface area contributed by atoms with Crippen LogP contribution in [0.5, 0.6) is 0 Å². The van der Waals surface area contributed by atoms with Gasteiger partial charge in [0.1, 0.15) is 0 Å². The van der Waals surface area contributed by atoms with Crippen molar-refractivity contribution in [3.8, 4) is 0 Å². The zero-order valence-electron chi connectivity index (χ0n) is 9.50. The van der Waals surface area contributed by atoms with Crippen molar-refractivity contribution in [1.82, 2.24) is 5.32 Å². The van der Waals surface area contributed by atoms with Crippen LogP contribution < -0.4 is 5.32 Å². The molecule has 1 saturated heterocycles. The van der Waals surface area contributed by atoms with Crippen LogP contribution in [0.15, 0.2) is 0 Å². The second-order valence-electron chi connectivity index (χ2n) is 4.95. The van der Waals surface area contributed by atoms with Crippen LogP contribution in [-0.2, 0) is 9.53 Å². The molecule has 86 valence electrons. The topological polar surface area (TPSA) is 38.3 Å². The van der Waals surface area contributed by atoms with E-state index in [4.69, 9.17) is 4.74 Å². The van der Waals surface area contributed by atoms with Crippen LogP contribution in [0.3, 0.4) is 0 Å². The number of carbonyl (C=O) groups excluding carboxylic acids is 1. The number of Topliss-reactive ketones (excluding diaryl/α,β-unsaturated/α-hetero) is 1. The molecule has 3 unspecified atom stereocenters. The standard InChI is InChI=1S/C12H21NO2/c1-9-3-2-4-10(7-9)12(14)11-8-15-6-5-13-11/h9-11,13H,2-8H2,1H3. The number of nitrogens with one attached hydrogen (secondary N) is 1.